The van der Waals surface area contributed by atoms with Crippen LogP contribution in [0.25, 0.3) is 16.6 Å². The van der Waals surface area contributed by atoms with E-state index in [1.807, 2.05) is 60.7 Å². The Kier molecular flexibility index (Phi) is 11.1. The number of hydrogen-bond donors (Lipinski definition) is 0. The first kappa shape index (κ1) is 35.5. The van der Waals surface area contributed by atoms with E-state index >= 15 is 0 Å². The molecule has 1 unspecified atom stereocenters. The van der Waals surface area contributed by atoms with Gasteiger partial charge in [-0.25, -0.2) is 9.55 Å². The summed E-state index contributed by atoms with van der Waals surface area (Å²) in [6, 6.07) is 24.6. The van der Waals surface area contributed by atoms with Crippen molar-refractivity contribution in [3.8, 4) is 11.6 Å². The Hall–Kier alpha value is -3.28. The number of para-hydroxylation sites is 1. The molecule has 0 N–H and O–H groups in total. The summed E-state index contributed by atoms with van der Waals surface area (Å²) < 4.78 is 50.8. The molecule has 6 rings (SSSR count). The van der Waals surface area contributed by atoms with Crippen LogP contribution in [0.15, 0.2) is 95.9 Å². The third-order valence-electron chi connectivity index (χ3n) is 7.50. The summed E-state index contributed by atoms with van der Waals surface area (Å²) in [4.78, 5) is 18.2. The molecule has 0 saturated carbocycles. The maximum Gasteiger partial charge on any atom is 0.475 e. The Morgan fingerprint density at radius 1 is 0.857 bits per heavy atom. The SMILES string of the molecule is CC1(C)OCC(COc2ncc(Cl)c3c2c(=O)cc(COP(=O)(OCc2ccccc2)OCc2ccccc2)n3-c2c(Cl)cccc2Cl)O1. The normalized spacial score (nSPS) is 15.9. The number of nitrogens with zero attached hydrogens (tertiary/aromatic N) is 2. The van der Waals surface area contributed by atoms with Crippen molar-refractivity contribution in [2.45, 2.75) is 45.6 Å². The first-order chi connectivity index (χ1) is 23.5. The van der Waals surface area contributed by atoms with Crippen LogP contribution in [0.4, 0.5) is 0 Å². The average Bonchev–Trinajstić information content (AvgIpc) is 3.45. The lowest BCUT2D eigenvalue weighted by Gasteiger charge is -2.23. The highest BCUT2D eigenvalue weighted by atomic mass is 35.5. The molecule has 0 amide bonds. The standard InChI is InChI=1S/C35H32Cl3N2O8P/c1-35(2)44-22-26(48-35)21-43-34-31-30(41)16-25(40(33(31)29(38)17-39-34)32-27(36)14-9-15-28(32)37)20-47-49(42,45-18-23-10-5-3-6-11-23)46-19-24-12-7-4-8-13-24/h3-17,26H,18-22H2,1-2H3. The minimum absolute atomic E-state index is 0.0187. The average molecular weight is 746 g/mol. The highest BCUT2D eigenvalue weighted by Crippen LogP contribution is 2.52. The number of phosphoric ester groups is 1. The molecule has 49 heavy (non-hydrogen) atoms. The Balaban J connectivity index is 1.39. The number of pyridine rings is 2. The van der Waals surface area contributed by atoms with Gasteiger partial charge in [-0.05, 0) is 37.1 Å². The summed E-state index contributed by atoms with van der Waals surface area (Å²) in [5.41, 5.74) is 1.71. The Morgan fingerprint density at radius 2 is 1.45 bits per heavy atom. The van der Waals surface area contributed by atoms with Crippen molar-refractivity contribution < 1.29 is 32.3 Å². The zero-order valence-electron chi connectivity index (χ0n) is 26.5. The fourth-order valence-corrected chi connectivity index (χ4v) is 7.16. The number of fused-ring (bicyclic) bond motifs is 1. The van der Waals surface area contributed by atoms with Gasteiger partial charge in [-0.1, -0.05) is 102 Å². The van der Waals surface area contributed by atoms with Crippen molar-refractivity contribution in [3.63, 3.8) is 0 Å². The van der Waals surface area contributed by atoms with Crippen LogP contribution in [0, 0.1) is 0 Å². The summed E-state index contributed by atoms with van der Waals surface area (Å²) in [5.74, 6) is -0.744. The molecule has 10 nitrogen and oxygen atoms in total. The van der Waals surface area contributed by atoms with E-state index in [1.54, 1.807) is 36.6 Å². The van der Waals surface area contributed by atoms with Gasteiger partial charge in [0, 0.05) is 6.07 Å². The Morgan fingerprint density at radius 3 is 2.02 bits per heavy atom. The van der Waals surface area contributed by atoms with E-state index in [0.29, 0.717) is 12.3 Å². The molecule has 1 saturated heterocycles. The van der Waals surface area contributed by atoms with E-state index in [-0.39, 0.29) is 57.4 Å². The largest absolute Gasteiger partial charge is 0.475 e. The molecule has 0 radical (unpaired) electrons. The molecule has 1 aliphatic rings. The number of rotatable bonds is 13. The van der Waals surface area contributed by atoms with Gasteiger partial charge < -0.3 is 18.8 Å². The van der Waals surface area contributed by atoms with Crippen LogP contribution in [0.5, 0.6) is 5.88 Å². The summed E-state index contributed by atoms with van der Waals surface area (Å²) in [7, 11) is -4.26. The molecular weight excluding hydrogens is 714 g/mol. The first-order valence-corrected chi connectivity index (χ1v) is 17.8. The second-order valence-electron chi connectivity index (χ2n) is 11.5. The van der Waals surface area contributed by atoms with Gasteiger partial charge >= 0.3 is 7.82 Å². The quantitative estimate of drug-likeness (QED) is 0.109. The van der Waals surface area contributed by atoms with Gasteiger partial charge in [0.05, 0.1) is 64.6 Å². The van der Waals surface area contributed by atoms with Crippen molar-refractivity contribution in [2.24, 2.45) is 0 Å². The van der Waals surface area contributed by atoms with Crippen LogP contribution < -0.4 is 10.2 Å². The number of benzene rings is 3. The molecular formula is C35H32Cl3N2O8P. The smallest absolute Gasteiger partial charge is 0.474 e. The lowest BCUT2D eigenvalue weighted by molar-refractivity contribution is -0.141. The van der Waals surface area contributed by atoms with Crippen LogP contribution >= 0.6 is 42.6 Å². The third kappa shape index (κ3) is 8.55. The van der Waals surface area contributed by atoms with Gasteiger partial charge in [-0.3, -0.25) is 18.4 Å². The van der Waals surface area contributed by atoms with Crippen molar-refractivity contribution in [1.82, 2.24) is 9.55 Å². The van der Waals surface area contributed by atoms with Crippen molar-refractivity contribution in [1.29, 1.82) is 0 Å². The van der Waals surface area contributed by atoms with Crippen LogP contribution in [0.3, 0.4) is 0 Å². The number of phosphoric acid groups is 1. The van der Waals surface area contributed by atoms with Gasteiger partial charge in [0.2, 0.25) is 5.88 Å². The summed E-state index contributed by atoms with van der Waals surface area (Å²) in [6.07, 6.45) is 0.966. The Bertz CT molecular complexity index is 1980. The van der Waals surface area contributed by atoms with Gasteiger partial charge in [0.1, 0.15) is 18.1 Å². The number of halogens is 3. The lowest BCUT2D eigenvalue weighted by atomic mass is 10.1. The van der Waals surface area contributed by atoms with E-state index in [4.69, 9.17) is 62.6 Å². The van der Waals surface area contributed by atoms with E-state index in [1.165, 1.54) is 12.3 Å². The van der Waals surface area contributed by atoms with Gasteiger partial charge in [0.15, 0.2) is 11.2 Å². The Labute approximate surface area is 298 Å². The summed E-state index contributed by atoms with van der Waals surface area (Å²) >= 11 is 20.2. The fraction of sp³-hybridized carbons (Fsp3) is 0.257. The zero-order valence-corrected chi connectivity index (χ0v) is 29.7. The second kappa shape index (κ2) is 15.3. The number of aromatic nitrogens is 2. The molecule has 1 atom stereocenters. The summed E-state index contributed by atoms with van der Waals surface area (Å²) in [6.45, 7) is 3.43. The molecule has 14 heteroatoms. The van der Waals surface area contributed by atoms with Crippen molar-refractivity contribution in [2.75, 3.05) is 13.2 Å². The predicted molar refractivity (Wildman–Crippen MR) is 188 cm³/mol. The van der Waals surface area contributed by atoms with E-state index in [2.05, 4.69) is 4.98 Å². The minimum atomic E-state index is -4.26. The molecule has 3 heterocycles. The van der Waals surface area contributed by atoms with Crippen molar-refractivity contribution in [3.05, 3.63) is 133 Å². The van der Waals surface area contributed by atoms with Crippen LogP contribution in [0.2, 0.25) is 15.1 Å². The monoisotopic (exact) mass is 744 g/mol. The molecule has 2 aromatic heterocycles. The molecule has 0 bridgehead atoms. The van der Waals surface area contributed by atoms with Crippen molar-refractivity contribution >= 4 is 53.5 Å². The number of ether oxygens (including phenoxy) is 3. The van der Waals surface area contributed by atoms with Gasteiger partial charge in [0.25, 0.3) is 0 Å². The molecule has 5 aromatic rings. The number of hydrogen-bond acceptors (Lipinski definition) is 9. The van der Waals surface area contributed by atoms with Crippen LogP contribution in [0.1, 0.15) is 30.7 Å². The summed E-state index contributed by atoms with van der Waals surface area (Å²) in [5, 5.41) is 0.658. The van der Waals surface area contributed by atoms with E-state index in [0.717, 1.165) is 11.1 Å². The minimum Gasteiger partial charge on any atom is -0.474 e. The topological polar surface area (TPSA) is 107 Å². The molecule has 1 aliphatic heterocycles. The molecule has 3 aromatic carbocycles. The van der Waals surface area contributed by atoms with E-state index in [9.17, 15) is 9.36 Å². The molecule has 0 spiro atoms. The molecule has 256 valence electrons. The predicted octanol–water partition coefficient (Wildman–Crippen LogP) is 8.93. The second-order valence-corrected chi connectivity index (χ2v) is 14.4. The maximum atomic E-state index is 14.2. The lowest BCUT2D eigenvalue weighted by Crippen LogP contribution is -2.25. The van der Waals surface area contributed by atoms with Crippen LogP contribution in [-0.2, 0) is 47.4 Å². The molecule has 1 fully saturated rings. The highest BCUT2D eigenvalue weighted by Gasteiger charge is 2.34. The maximum absolute atomic E-state index is 14.2. The van der Waals surface area contributed by atoms with Gasteiger partial charge in [-0.15, -0.1) is 0 Å². The zero-order chi connectivity index (χ0) is 34.6. The van der Waals surface area contributed by atoms with Gasteiger partial charge in [-0.2, -0.15) is 0 Å². The van der Waals surface area contributed by atoms with Crippen LogP contribution in [-0.4, -0.2) is 34.7 Å². The fourth-order valence-electron chi connectivity index (χ4n) is 5.24. The molecule has 0 aliphatic carbocycles. The third-order valence-corrected chi connectivity index (χ3v) is 9.72. The first-order valence-electron chi connectivity index (χ1n) is 15.3. The highest BCUT2D eigenvalue weighted by molar-refractivity contribution is 7.48. The van der Waals surface area contributed by atoms with E-state index < -0.39 is 31.7 Å².